The van der Waals surface area contributed by atoms with Crippen LogP contribution in [0.15, 0.2) is 17.3 Å². The number of hydrogen-bond donors (Lipinski definition) is 1. The van der Waals surface area contributed by atoms with Crippen LogP contribution in [0.4, 0.5) is 0 Å². The third-order valence-electron chi connectivity index (χ3n) is 2.30. The Morgan fingerprint density at radius 1 is 1.53 bits per heavy atom. The summed E-state index contributed by atoms with van der Waals surface area (Å²) in [5, 5.41) is 4.01. The molecular weight excluding hydrogens is 244 g/mol. The van der Waals surface area contributed by atoms with Crippen molar-refractivity contribution < 1.29 is 13.2 Å². The fraction of sp³-hybridized carbons (Fsp3) is 0.667. The average Bonchev–Trinajstić information content (AvgIpc) is 2.71. The SMILES string of the molecule is COCCN(CCN)S(=O)(=O)c1ccnn1C. The van der Waals surface area contributed by atoms with Crippen molar-refractivity contribution >= 4 is 10.0 Å². The molecule has 0 unspecified atom stereocenters. The number of nitrogens with two attached hydrogens (primary N) is 1. The van der Waals surface area contributed by atoms with Crippen molar-refractivity contribution in [2.75, 3.05) is 33.4 Å². The molecule has 7 nitrogen and oxygen atoms in total. The van der Waals surface area contributed by atoms with Gasteiger partial charge in [-0.15, -0.1) is 0 Å². The number of aryl methyl sites for hydroxylation is 1. The first kappa shape index (κ1) is 14.1. The maximum atomic E-state index is 12.3. The van der Waals surface area contributed by atoms with Crippen molar-refractivity contribution in [3.05, 3.63) is 12.3 Å². The van der Waals surface area contributed by atoms with Crippen molar-refractivity contribution in [2.45, 2.75) is 5.03 Å². The molecule has 1 heterocycles. The lowest BCUT2D eigenvalue weighted by molar-refractivity contribution is 0.179. The van der Waals surface area contributed by atoms with Gasteiger partial charge in [0, 0.05) is 33.8 Å². The largest absolute Gasteiger partial charge is 0.383 e. The second-order valence-corrected chi connectivity index (χ2v) is 5.36. The standard InChI is InChI=1S/C9H18N4O3S/c1-12-9(3-5-11-12)17(14,15)13(6-4-10)7-8-16-2/h3,5H,4,6-8,10H2,1-2H3. The van der Waals surface area contributed by atoms with Gasteiger partial charge in [-0.2, -0.15) is 9.40 Å². The number of nitrogens with zero attached hydrogens (tertiary/aromatic N) is 3. The van der Waals surface area contributed by atoms with Crippen LogP contribution in [0, 0.1) is 0 Å². The predicted molar refractivity (Wildman–Crippen MR) is 62.9 cm³/mol. The van der Waals surface area contributed by atoms with Gasteiger partial charge >= 0.3 is 0 Å². The normalized spacial score (nSPS) is 12.2. The van der Waals surface area contributed by atoms with E-state index in [2.05, 4.69) is 5.10 Å². The molecule has 17 heavy (non-hydrogen) atoms. The zero-order chi connectivity index (χ0) is 12.9. The maximum Gasteiger partial charge on any atom is 0.260 e. The lowest BCUT2D eigenvalue weighted by Crippen LogP contribution is -2.38. The number of methoxy groups -OCH3 is 1. The molecule has 1 rings (SSSR count). The van der Waals surface area contributed by atoms with Gasteiger partial charge in [0.1, 0.15) is 0 Å². The van der Waals surface area contributed by atoms with Crippen LogP contribution in [0.3, 0.4) is 0 Å². The second-order valence-electron chi connectivity index (χ2n) is 3.48. The molecule has 2 N–H and O–H groups in total. The summed E-state index contributed by atoms with van der Waals surface area (Å²) in [6.45, 7) is 1.13. The minimum absolute atomic E-state index is 0.155. The Labute approximate surface area is 101 Å². The van der Waals surface area contributed by atoms with Gasteiger partial charge in [0.05, 0.1) is 12.8 Å². The highest BCUT2D eigenvalue weighted by Gasteiger charge is 2.26. The van der Waals surface area contributed by atoms with Crippen LogP contribution < -0.4 is 5.73 Å². The number of hydrogen-bond acceptors (Lipinski definition) is 5. The Balaban J connectivity index is 2.96. The molecule has 0 aliphatic rings. The molecule has 0 spiro atoms. The summed E-state index contributed by atoms with van der Waals surface area (Å²) >= 11 is 0. The predicted octanol–water partition coefficient (Wildman–Crippen LogP) is -0.984. The van der Waals surface area contributed by atoms with E-state index in [0.29, 0.717) is 6.61 Å². The molecule has 0 saturated carbocycles. The van der Waals surface area contributed by atoms with E-state index in [1.54, 1.807) is 7.05 Å². The summed E-state index contributed by atoms with van der Waals surface area (Å²) in [7, 11) is -0.437. The van der Waals surface area contributed by atoms with Crippen LogP contribution >= 0.6 is 0 Å². The van der Waals surface area contributed by atoms with Gasteiger partial charge in [0.25, 0.3) is 10.0 Å². The third-order valence-corrected chi connectivity index (χ3v) is 4.28. The molecule has 0 atom stereocenters. The first-order chi connectivity index (χ1) is 8.04. The Morgan fingerprint density at radius 3 is 2.71 bits per heavy atom. The highest BCUT2D eigenvalue weighted by Crippen LogP contribution is 2.13. The number of sulfonamides is 1. The van der Waals surface area contributed by atoms with Crippen molar-refractivity contribution in [3.8, 4) is 0 Å². The van der Waals surface area contributed by atoms with Crippen LogP contribution in [0.1, 0.15) is 0 Å². The van der Waals surface area contributed by atoms with E-state index in [1.165, 1.54) is 28.4 Å². The molecule has 1 aromatic rings. The molecule has 0 aliphatic heterocycles. The fourth-order valence-corrected chi connectivity index (χ4v) is 2.98. The lowest BCUT2D eigenvalue weighted by atomic mass is 10.6. The van der Waals surface area contributed by atoms with Crippen LogP contribution in [0.25, 0.3) is 0 Å². The first-order valence-electron chi connectivity index (χ1n) is 5.21. The summed E-state index contributed by atoms with van der Waals surface area (Å²) in [4.78, 5) is 0. The fourth-order valence-electron chi connectivity index (χ4n) is 1.44. The highest BCUT2D eigenvalue weighted by atomic mass is 32.2. The zero-order valence-electron chi connectivity index (χ0n) is 10.0. The van der Waals surface area contributed by atoms with Crippen molar-refractivity contribution in [2.24, 2.45) is 12.8 Å². The number of rotatable bonds is 7. The molecule has 0 bridgehead atoms. The van der Waals surface area contributed by atoms with Gasteiger partial charge in [-0.1, -0.05) is 0 Å². The molecule has 1 aromatic heterocycles. The second kappa shape index (κ2) is 6.10. The van der Waals surface area contributed by atoms with Crippen molar-refractivity contribution in [3.63, 3.8) is 0 Å². The average molecular weight is 262 g/mol. The lowest BCUT2D eigenvalue weighted by Gasteiger charge is -2.20. The van der Waals surface area contributed by atoms with E-state index >= 15 is 0 Å². The summed E-state index contributed by atoms with van der Waals surface area (Å²) in [5.74, 6) is 0. The number of aromatic nitrogens is 2. The van der Waals surface area contributed by atoms with Crippen molar-refractivity contribution in [1.82, 2.24) is 14.1 Å². The zero-order valence-corrected chi connectivity index (χ0v) is 10.9. The molecule has 0 amide bonds. The van der Waals surface area contributed by atoms with Gasteiger partial charge < -0.3 is 10.5 Å². The Bertz CT molecular complexity index is 443. The molecule has 0 aromatic carbocycles. The van der Waals surface area contributed by atoms with Crippen molar-refractivity contribution in [1.29, 1.82) is 0 Å². The molecule has 98 valence electrons. The summed E-state index contributed by atoms with van der Waals surface area (Å²) in [6, 6.07) is 1.46. The van der Waals surface area contributed by atoms with E-state index < -0.39 is 10.0 Å². The molecule has 0 saturated heterocycles. The van der Waals surface area contributed by atoms with E-state index in [1.807, 2.05) is 0 Å². The highest BCUT2D eigenvalue weighted by molar-refractivity contribution is 7.89. The summed E-state index contributed by atoms with van der Waals surface area (Å²) in [5.41, 5.74) is 5.42. The van der Waals surface area contributed by atoms with Gasteiger partial charge in [0.2, 0.25) is 0 Å². The van der Waals surface area contributed by atoms with E-state index in [4.69, 9.17) is 10.5 Å². The smallest absolute Gasteiger partial charge is 0.260 e. The minimum atomic E-state index is -3.55. The van der Waals surface area contributed by atoms with Crippen LogP contribution in [-0.2, 0) is 21.8 Å². The van der Waals surface area contributed by atoms with Gasteiger partial charge in [0.15, 0.2) is 5.03 Å². The van der Waals surface area contributed by atoms with E-state index in [9.17, 15) is 8.42 Å². The number of ether oxygens (including phenoxy) is 1. The first-order valence-corrected chi connectivity index (χ1v) is 6.65. The van der Waals surface area contributed by atoms with E-state index in [-0.39, 0.29) is 24.7 Å². The van der Waals surface area contributed by atoms with Gasteiger partial charge in [-0.3, -0.25) is 4.68 Å². The Morgan fingerprint density at radius 2 is 2.24 bits per heavy atom. The van der Waals surface area contributed by atoms with Crippen LogP contribution in [0.5, 0.6) is 0 Å². The molecule has 8 heteroatoms. The van der Waals surface area contributed by atoms with Gasteiger partial charge in [-0.25, -0.2) is 8.42 Å². The summed E-state index contributed by atoms with van der Waals surface area (Å²) in [6.07, 6.45) is 1.45. The van der Waals surface area contributed by atoms with Crippen LogP contribution in [0.2, 0.25) is 0 Å². The van der Waals surface area contributed by atoms with Crippen LogP contribution in [-0.4, -0.2) is 55.9 Å². The van der Waals surface area contributed by atoms with Gasteiger partial charge in [-0.05, 0) is 6.07 Å². The van der Waals surface area contributed by atoms with E-state index in [0.717, 1.165) is 0 Å². The molecular formula is C9H18N4O3S. The topological polar surface area (TPSA) is 90.4 Å². The molecule has 0 radical (unpaired) electrons. The molecule has 0 aliphatic carbocycles. The Kier molecular flexibility index (Phi) is 5.06. The third kappa shape index (κ3) is 3.25. The maximum absolute atomic E-state index is 12.3. The summed E-state index contributed by atoms with van der Waals surface area (Å²) < 4.78 is 32.0. The quantitative estimate of drug-likeness (QED) is 0.682. The Hall–Kier alpha value is -0.960. The molecule has 0 fully saturated rings. The monoisotopic (exact) mass is 262 g/mol. The minimum Gasteiger partial charge on any atom is -0.383 e.